The van der Waals surface area contributed by atoms with E-state index in [1.165, 1.54) is 12.1 Å². The standard InChI is InChI=1S/C10H12ClFN2O.ClH/c1-6(5-13)14-10(15)8-4-7(11)2-3-9(8)12;/h2-4,6H,5,13H2,1H3,(H,14,15);1H/t6-;/m0./s1. The topological polar surface area (TPSA) is 55.1 Å². The zero-order chi connectivity index (χ0) is 11.4. The van der Waals surface area contributed by atoms with Crippen molar-refractivity contribution in [2.45, 2.75) is 13.0 Å². The van der Waals surface area contributed by atoms with Crippen LogP contribution in [0, 0.1) is 5.82 Å². The first-order valence-corrected chi connectivity index (χ1v) is 4.88. The number of hydrogen-bond donors (Lipinski definition) is 2. The van der Waals surface area contributed by atoms with Crippen LogP contribution in [0.4, 0.5) is 4.39 Å². The summed E-state index contributed by atoms with van der Waals surface area (Å²) in [7, 11) is 0. The average Bonchev–Trinajstić information content (AvgIpc) is 2.21. The van der Waals surface area contributed by atoms with Crippen molar-refractivity contribution in [2.24, 2.45) is 5.73 Å². The molecule has 16 heavy (non-hydrogen) atoms. The lowest BCUT2D eigenvalue weighted by Crippen LogP contribution is -2.38. The van der Waals surface area contributed by atoms with Crippen molar-refractivity contribution in [1.82, 2.24) is 5.32 Å². The third-order valence-corrected chi connectivity index (χ3v) is 2.14. The number of benzene rings is 1. The van der Waals surface area contributed by atoms with E-state index in [9.17, 15) is 9.18 Å². The van der Waals surface area contributed by atoms with E-state index in [0.29, 0.717) is 11.6 Å². The molecule has 1 amide bonds. The Morgan fingerprint density at radius 3 is 2.81 bits per heavy atom. The molecule has 1 rings (SSSR count). The molecule has 0 aliphatic carbocycles. The largest absolute Gasteiger partial charge is 0.348 e. The molecule has 0 saturated carbocycles. The molecule has 1 aromatic carbocycles. The normalized spacial score (nSPS) is 11.5. The highest BCUT2D eigenvalue weighted by atomic mass is 35.5. The monoisotopic (exact) mass is 266 g/mol. The quantitative estimate of drug-likeness (QED) is 0.879. The van der Waals surface area contributed by atoms with Crippen LogP contribution in [-0.4, -0.2) is 18.5 Å². The van der Waals surface area contributed by atoms with E-state index >= 15 is 0 Å². The summed E-state index contributed by atoms with van der Waals surface area (Å²) in [5, 5.41) is 2.87. The fraction of sp³-hybridized carbons (Fsp3) is 0.300. The summed E-state index contributed by atoms with van der Waals surface area (Å²) >= 11 is 5.66. The Hall–Kier alpha value is -0.840. The highest BCUT2D eigenvalue weighted by Crippen LogP contribution is 2.14. The minimum atomic E-state index is -0.596. The van der Waals surface area contributed by atoms with Crippen LogP contribution in [0.5, 0.6) is 0 Å². The van der Waals surface area contributed by atoms with Crippen LogP contribution in [0.15, 0.2) is 18.2 Å². The molecule has 0 radical (unpaired) electrons. The molecule has 1 aromatic rings. The van der Waals surface area contributed by atoms with Crippen LogP contribution in [0.2, 0.25) is 5.02 Å². The zero-order valence-corrected chi connectivity index (χ0v) is 10.2. The Balaban J connectivity index is 0.00000225. The van der Waals surface area contributed by atoms with E-state index < -0.39 is 11.7 Å². The molecule has 90 valence electrons. The Morgan fingerprint density at radius 2 is 2.25 bits per heavy atom. The average molecular weight is 267 g/mol. The van der Waals surface area contributed by atoms with Gasteiger partial charge in [-0.2, -0.15) is 0 Å². The summed E-state index contributed by atoms with van der Waals surface area (Å²) in [5.41, 5.74) is 5.26. The van der Waals surface area contributed by atoms with Gasteiger partial charge in [0.2, 0.25) is 0 Å². The fourth-order valence-corrected chi connectivity index (χ4v) is 1.20. The number of nitrogens with one attached hydrogen (secondary N) is 1. The molecule has 0 aliphatic rings. The summed E-state index contributed by atoms with van der Waals surface area (Å²) in [6.45, 7) is 2.04. The van der Waals surface area contributed by atoms with Crippen molar-refractivity contribution in [3.8, 4) is 0 Å². The van der Waals surface area contributed by atoms with Crippen LogP contribution in [0.3, 0.4) is 0 Å². The maximum absolute atomic E-state index is 13.2. The molecule has 0 fully saturated rings. The van der Waals surface area contributed by atoms with E-state index in [2.05, 4.69) is 5.32 Å². The van der Waals surface area contributed by atoms with E-state index in [1.54, 1.807) is 6.92 Å². The van der Waals surface area contributed by atoms with Crippen molar-refractivity contribution in [3.63, 3.8) is 0 Å². The molecule has 0 unspecified atom stereocenters. The maximum Gasteiger partial charge on any atom is 0.254 e. The lowest BCUT2D eigenvalue weighted by atomic mass is 10.2. The number of amides is 1. The van der Waals surface area contributed by atoms with E-state index in [1.807, 2.05) is 0 Å². The summed E-state index contributed by atoms with van der Waals surface area (Å²) in [6, 6.07) is 3.63. The molecule has 6 heteroatoms. The molecular formula is C10H13Cl2FN2O. The Labute approximate surface area is 105 Å². The van der Waals surface area contributed by atoms with Crippen molar-refractivity contribution >= 4 is 29.9 Å². The Bertz CT molecular complexity index is 374. The summed E-state index contributed by atoms with van der Waals surface area (Å²) in [5.74, 6) is -1.10. The highest BCUT2D eigenvalue weighted by molar-refractivity contribution is 6.31. The van der Waals surface area contributed by atoms with Gasteiger partial charge in [-0.3, -0.25) is 4.79 Å². The molecule has 0 aromatic heterocycles. The van der Waals surface area contributed by atoms with Gasteiger partial charge in [0.25, 0.3) is 5.91 Å². The van der Waals surface area contributed by atoms with E-state index in [-0.39, 0.29) is 24.0 Å². The van der Waals surface area contributed by atoms with E-state index in [4.69, 9.17) is 17.3 Å². The van der Waals surface area contributed by atoms with Crippen LogP contribution in [0.1, 0.15) is 17.3 Å². The number of halogens is 3. The fourth-order valence-electron chi connectivity index (χ4n) is 1.03. The number of carbonyl (C=O) groups is 1. The van der Waals surface area contributed by atoms with E-state index in [0.717, 1.165) is 6.07 Å². The van der Waals surface area contributed by atoms with Crippen molar-refractivity contribution in [3.05, 3.63) is 34.6 Å². The van der Waals surface area contributed by atoms with Gasteiger partial charge < -0.3 is 11.1 Å². The van der Waals surface area contributed by atoms with Crippen molar-refractivity contribution in [1.29, 1.82) is 0 Å². The third-order valence-electron chi connectivity index (χ3n) is 1.90. The summed E-state index contributed by atoms with van der Waals surface area (Å²) in [6.07, 6.45) is 0. The number of nitrogens with two attached hydrogens (primary N) is 1. The lowest BCUT2D eigenvalue weighted by Gasteiger charge is -2.11. The Morgan fingerprint density at radius 1 is 1.62 bits per heavy atom. The van der Waals surface area contributed by atoms with Gasteiger partial charge in [0.05, 0.1) is 5.56 Å². The van der Waals surface area contributed by atoms with Gasteiger partial charge in [-0.1, -0.05) is 11.6 Å². The molecule has 0 heterocycles. The molecular weight excluding hydrogens is 254 g/mol. The first-order chi connectivity index (χ1) is 7.04. The zero-order valence-electron chi connectivity index (χ0n) is 8.67. The van der Waals surface area contributed by atoms with Crippen molar-refractivity contribution < 1.29 is 9.18 Å². The smallest absolute Gasteiger partial charge is 0.254 e. The van der Waals surface area contributed by atoms with Gasteiger partial charge in [0.1, 0.15) is 5.82 Å². The van der Waals surface area contributed by atoms with Gasteiger partial charge in [-0.15, -0.1) is 12.4 Å². The first kappa shape index (κ1) is 15.2. The van der Waals surface area contributed by atoms with Gasteiger partial charge in [0.15, 0.2) is 0 Å². The predicted molar refractivity (Wildman–Crippen MR) is 64.6 cm³/mol. The molecule has 0 aliphatic heterocycles. The first-order valence-electron chi connectivity index (χ1n) is 4.50. The van der Waals surface area contributed by atoms with Gasteiger partial charge in [-0.25, -0.2) is 4.39 Å². The third kappa shape index (κ3) is 3.96. The maximum atomic E-state index is 13.2. The minimum absolute atomic E-state index is 0. The molecule has 1 atom stereocenters. The lowest BCUT2D eigenvalue weighted by molar-refractivity contribution is 0.0937. The second-order valence-corrected chi connectivity index (χ2v) is 3.67. The summed E-state index contributed by atoms with van der Waals surface area (Å²) in [4.78, 5) is 11.5. The summed E-state index contributed by atoms with van der Waals surface area (Å²) < 4.78 is 13.2. The van der Waals surface area contributed by atoms with Crippen LogP contribution in [0.25, 0.3) is 0 Å². The molecule has 0 spiro atoms. The van der Waals surface area contributed by atoms with Crippen LogP contribution in [-0.2, 0) is 0 Å². The number of hydrogen-bond acceptors (Lipinski definition) is 2. The predicted octanol–water partition coefficient (Wildman–Crippen LogP) is 1.98. The van der Waals surface area contributed by atoms with Gasteiger partial charge in [-0.05, 0) is 25.1 Å². The Kier molecular flexibility index (Phi) is 6.33. The van der Waals surface area contributed by atoms with Crippen molar-refractivity contribution in [2.75, 3.05) is 6.54 Å². The molecule has 3 N–H and O–H groups in total. The number of rotatable bonds is 3. The highest BCUT2D eigenvalue weighted by Gasteiger charge is 2.13. The van der Waals surface area contributed by atoms with Crippen LogP contribution < -0.4 is 11.1 Å². The van der Waals surface area contributed by atoms with Gasteiger partial charge in [0, 0.05) is 17.6 Å². The molecule has 3 nitrogen and oxygen atoms in total. The minimum Gasteiger partial charge on any atom is -0.348 e. The SMILES string of the molecule is C[C@@H](CN)NC(=O)c1cc(Cl)ccc1F.Cl. The molecule has 0 saturated heterocycles. The van der Waals surface area contributed by atoms with Gasteiger partial charge >= 0.3 is 0 Å². The number of carbonyl (C=O) groups excluding carboxylic acids is 1. The van der Waals surface area contributed by atoms with Crippen LogP contribution >= 0.6 is 24.0 Å². The second kappa shape index (κ2) is 6.68. The molecule has 0 bridgehead atoms. The second-order valence-electron chi connectivity index (χ2n) is 3.23.